The number of piperidine rings is 1. The highest BCUT2D eigenvalue weighted by Gasteiger charge is 2.49. The highest BCUT2D eigenvalue weighted by atomic mass is 16.5. The fourth-order valence-corrected chi connectivity index (χ4v) is 6.25. The molecule has 1 N–H and O–H groups in total. The van der Waals surface area contributed by atoms with Crippen LogP contribution in [0.25, 0.3) is 11.0 Å². The van der Waals surface area contributed by atoms with Crippen LogP contribution < -0.4 is 10.4 Å². The Kier molecular flexibility index (Phi) is 8.20. The molecule has 2 aromatic rings. The second-order valence-electron chi connectivity index (χ2n) is 10.6. The second-order valence-corrected chi connectivity index (χ2v) is 10.6. The van der Waals surface area contributed by atoms with Crippen molar-refractivity contribution in [1.82, 2.24) is 4.90 Å². The zero-order valence-electron chi connectivity index (χ0n) is 21.6. The number of benzene rings is 1. The summed E-state index contributed by atoms with van der Waals surface area (Å²) < 4.78 is 11.6. The Morgan fingerprint density at radius 1 is 1.20 bits per heavy atom. The van der Waals surface area contributed by atoms with E-state index in [2.05, 4.69) is 13.8 Å². The van der Waals surface area contributed by atoms with E-state index >= 15 is 0 Å². The molecule has 1 aromatic heterocycles. The van der Waals surface area contributed by atoms with Crippen LogP contribution in [-0.4, -0.2) is 40.7 Å². The van der Waals surface area contributed by atoms with E-state index in [0.717, 1.165) is 80.7 Å². The van der Waals surface area contributed by atoms with Crippen molar-refractivity contribution >= 4 is 16.9 Å². The quantitative estimate of drug-likeness (QED) is 0.474. The van der Waals surface area contributed by atoms with Crippen molar-refractivity contribution in [3.05, 3.63) is 39.7 Å². The van der Waals surface area contributed by atoms with Gasteiger partial charge in [-0.25, -0.2) is 4.79 Å². The van der Waals surface area contributed by atoms with Crippen LogP contribution in [0.1, 0.15) is 89.2 Å². The summed E-state index contributed by atoms with van der Waals surface area (Å²) in [5.41, 5.74) is 1.30. The van der Waals surface area contributed by atoms with Crippen LogP contribution in [0.3, 0.4) is 0 Å². The Bertz CT molecular complexity index is 1090. The van der Waals surface area contributed by atoms with Crippen molar-refractivity contribution in [3.8, 4) is 5.75 Å². The normalized spacial score (nSPS) is 24.4. The highest BCUT2D eigenvalue weighted by Crippen LogP contribution is 2.44. The number of rotatable bonds is 9. The molecule has 1 saturated heterocycles. The Balaban J connectivity index is 1.51. The van der Waals surface area contributed by atoms with Gasteiger partial charge in [0.1, 0.15) is 11.3 Å². The lowest BCUT2D eigenvalue weighted by Crippen LogP contribution is -2.61. The molecule has 0 spiro atoms. The number of aryl methyl sites for hydroxylation is 2. The van der Waals surface area contributed by atoms with E-state index in [1.165, 1.54) is 0 Å². The molecule has 1 amide bonds. The number of carbonyl (C=O) groups excluding carboxylic acids is 1. The van der Waals surface area contributed by atoms with E-state index < -0.39 is 5.60 Å². The molecular weight excluding hydrogens is 442 g/mol. The first-order valence-electron chi connectivity index (χ1n) is 13.6. The van der Waals surface area contributed by atoms with E-state index in [1.807, 2.05) is 24.0 Å². The summed E-state index contributed by atoms with van der Waals surface area (Å²) in [4.78, 5) is 27.5. The number of likely N-dealkylation sites (tertiary alicyclic amines) is 1. The standard InChI is InChI=1S/C29H41NO5/c1-4-6-10-21-18-27(32)35-28-20(3)25(14-13-22(21)28)34-19-26(31)30-17-16-29(33)15-9-8-11-23(29)24(30)12-7-5-2/h13-14,18,23-24,33H,4-12,15-17,19H2,1-3H3/t23-,24+,29-/m1/s1. The Hall–Kier alpha value is -2.34. The van der Waals surface area contributed by atoms with Gasteiger partial charge in [-0.3, -0.25) is 4.79 Å². The van der Waals surface area contributed by atoms with Crippen molar-refractivity contribution in [2.45, 2.75) is 103 Å². The van der Waals surface area contributed by atoms with E-state index in [-0.39, 0.29) is 30.1 Å². The summed E-state index contributed by atoms with van der Waals surface area (Å²) in [6.07, 6.45) is 10.6. The molecule has 1 aromatic carbocycles. The van der Waals surface area contributed by atoms with Crippen LogP contribution in [0, 0.1) is 12.8 Å². The number of hydrogen-bond donors (Lipinski definition) is 1. The molecule has 4 rings (SSSR count). The number of fused-ring (bicyclic) bond motifs is 2. The van der Waals surface area contributed by atoms with Gasteiger partial charge >= 0.3 is 5.63 Å². The van der Waals surface area contributed by atoms with E-state index in [9.17, 15) is 14.7 Å². The smallest absolute Gasteiger partial charge is 0.336 e. The van der Waals surface area contributed by atoms with Gasteiger partial charge in [-0.15, -0.1) is 0 Å². The lowest BCUT2D eigenvalue weighted by molar-refractivity contribution is -0.157. The lowest BCUT2D eigenvalue weighted by atomic mass is 9.66. The monoisotopic (exact) mass is 483 g/mol. The second kappa shape index (κ2) is 11.2. The summed E-state index contributed by atoms with van der Waals surface area (Å²) >= 11 is 0. The van der Waals surface area contributed by atoms with Crippen LogP contribution in [-0.2, 0) is 11.2 Å². The Labute approximate surface area is 208 Å². The van der Waals surface area contributed by atoms with Crippen molar-refractivity contribution in [3.63, 3.8) is 0 Å². The first-order valence-corrected chi connectivity index (χ1v) is 13.6. The molecule has 1 saturated carbocycles. The third-order valence-corrected chi connectivity index (χ3v) is 8.24. The van der Waals surface area contributed by atoms with Crippen molar-refractivity contribution < 1.29 is 19.1 Å². The molecule has 2 aliphatic rings. The lowest BCUT2D eigenvalue weighted by Gasteiger charge is -2.52. The molecule has 3 atom stereocenters. The van der Waals surface area contributed by atoms with Gasteiger partial charge < -0.3 is 19.2 Å². The fourth-order valence-electron chi connectivity index (χ4n) is 6.25. The predicted octanol–water partition coefficient (Wildman–Crippen LogP) is 5.54. The number of unbranched alkanes of at least 4 members (excludes halogenated alkanes) is 2. The summed E-state index contributed by atoms with van der Waals surface area (Å²) in [5.74, 6) is 0.688. The topological polar surface area (TPSA) is 80.0 Å². The average Bonchev–Trinajstić information content (AvgIpc) is 2.85. The maximum atomic E-state index is 13.4. The van der Waals surface area contributed by atoms with Gasteiger partial charge in [0.15, 0.2) is 6.61 Å². The summed E-state index contributed by atoms with van der Waals surface area (Å²) in [6, 6.07) is 5.47. The number of ether oxygens (including phenoxy) is 1. The van der Waals surface area contributed by atoms with Crippen LogP contribution in [0.2, 0.25) is 0 Å². The summed E-state index contributed by atoms with van der Waals surface area (Å²) in [7, 11) is 0. The zero-order valence-corrected chi connectivity index (χ0v) is 21.6. The van der Waals surface area contributed by atoms with Crippen LogP contribution in [0.4, 0.5) is 0 Å². The number of amides is 1. The van der Waals surface area contributed by atoms with Crippen LogP contribution in [0.5, 0.6) is 5.75 Å². The SMILES string of the molecule is CCCCc1cc(=O)oc2c(C)c(OCC(=O)N3CC[C@]4(O)CCCC[C@@H]4[C@@H]3CCCC)ccc12. The minimum Gasteiger partial charge on any atom is -0.483 e. The Morgan fingerprint density at radius 3 is 2.77 bits per heavy atom. The van der Waals surface area contributed by atoms with Gasteiger partial charge in [0, 0.05) is 35.5 Å². The van der Waals surface area contributed by atoms with E-state index in [4.69, 9.17) is 9.15 Å². The number of nitrogens with zero attached hydrogens (tertiary/aromatic N) is 1. The van der Waals surface area contributed by atoms with Crippen LogP contribution >= 0.6 is 0 Å². The van der Waals surface area contributed by atoms with Gasteiger partial charge in [-0.2, -0.15) is 0 Å². The molecule has 0 bridgehead atoms. The highest BCUT2D eigenvalue weighted by molar-refractivity contribution is 5.85. The molecule has 1 aliphatic heterocycles. The molecule has 0 radical (unpaired) electrons. The number of carbonyl (C=O) groups is 1. The Morgan fingerprint density at radius 2 is 2.00 bits per heavy atom. The van der Waals surface area contributed by atoms with E-state index in [1.54, 1.807) is 6.07 Å². The van der Waals surface area contributed by atoms with Gasteiger partial charge in [0.2, 0.25) is 0 Å². The summed E-state index contributed by atoms with van der Waals surface area (Å²) in [6.45, 7) is 6.70. The number of aliphatic hydroxyl groups is 1. The molecular formula is C29H41NO5. The van der Waals surface area contributed by atoms with Gasteiger partial charge in [-0.05, 0) is 63.1 Å². The van der Waals surface area contributed by atoms with Crippen molar-refractivity contribution in [2.24, 2.45) is 5.92 Å². The average molecular weight is 484 g/mol. The molecule has 35 heavy (non-hydrogen) atoms. The third-order valence-electron chi connectivity index (χ3n) is 8.24. The first kappa shape index (κ1) is 25.7. The third kappa shape index (κ3) is 5.42. The van der Waals surface area contributed by atoms with Gasteiger partial charge in [0.25, 0.3) is 5.91 Å². The molecule has 2 fully saturated rings. The number of hydrogen-bond acceptors (Lipinski definition) is 5. The zero-order chi connectivity index (χ0) is 25.0. The molecule has 2 heterocycles. The fraction of sp³-hybridized carbons (Fsp3) is 0.655. The van der Waals surface area contributed by atoms with Crippen molar-refractivity contribution in [2.75, 3.05) is 13.2 Å². The molecule has 6 nitrogen and oxygen atoms in total. The molecule has 1 aliphatic carbocycles. The first-order chi connectivity index (χ1) is 16.9. The molecule has 0 unspecified atom stereocenters. The maximum Gasteiger partial charge on any atom is 0.336 e. The van der Waals surface area contributed by atoms with Gasteiger partial charge in [0.05, 0.1) is 5.60 Å². The van der Waals surface area contributed by atoms with Crippen LogP contribution in [0.15, 0.2) is 27.4 Å². The minimum atomic E-state index is -0.629. The largest absolute Gasteiger partial charge is 0.483 e. The van der Waals surface area contributed by atoms with Crippen molar-refractivity contribution in [1.29, 1.82) is 0 Å². The molecule has 192 valence electrons. The minimum absolute atomic E-state index is 0.0311. The molecule has 6 heteroatoms. The maximum absolute atomic E-state index is 13.4. The summed E-state index contributed by atoms with van der Waals surface area (Å²) in [5, 5.41) is 12.2. The van der Waals surface area contributed by atoms with E-state index in [0.29, 0.717) is 24.3 Å². The van der Waals surface area contributed by atoms with Gasteiger partial charge in [-0.1, -0.05) is 46.0 Å². The predicted molar refractivity (Wildman–Crippen MR) is 138 cm³/mol.